The van der Waals surface area contributed by atoms with Gasteiger partial charge in [0.15, 0.2) is 5.78 Å². The number of benzene rings is 2. The van der Waals surface area contributed by atoms with Crippen molar-refractivity contribution in [3.8, 4) is 0 Å². The average molecular weight is 253 g/mol. The minimum Gasteiger partial charge on any atom is -0.289 e. The second-order valence-electron chi connectivity index (χ2n) is 4.70. The second kappa shape index (κ2) is 4.43. The number of aliphatic imine (C=N–C) groups is 1. The highest BCUT2D eigenvalue weighted by Gasteiger charge is 2.15. The van der Waals surface area contributed by atoms with Crippen LogP contribution in [0, 0.1) is 5.82 Å². The van der Waals surface area contributed by atoms with Crippen LogP contribution in [0.4, 0.5) is 10.1 Å². The fraction of sp³-hybridized carbons (Fsp3) is 0.125. The normalized spacial score (nSPS) is 13.1. The van der Waals surface area contributed by atoms with Gasteiger partial charge in [0.1, 0.15) is 5.82 Å². The van der Waals surface area contributed by atoms with Crippen molar-refractivity contribution in [3.63, 3.8) is 0 Å². The van der Waals surface area contributed by atoms with Crippen LogP contribution in [0.25, 0.3) is 0 Å². The molecule has 0 radical (unpaired) electrons. The van der Waals surface area contributed by atoms with E-state index in [0.717, 1.165) is 23.4 Å². The standard InChI is InChI=1S/C16H12FNO/c1-10-8-13-9-12(4-7-15(13)18-10)16(19)11-2-5-14(17)6-3-11/h2-7,9H,8H2,1H3. The largest absolute Gasteiger partial charge is 0.289 e. The molecule has 0 N–H and O–H groups in total. The van der Waals surface area contributed by atoms with E-state index in [1.807, 2.05) is 19.1 Å². The summed E-state index contributed by atoms with van der Waals surface area (Å²) in [6.07, 6.45) is 0.792. The molecule has 2 aromatic carbocycles. The Labute approximate surface area is 110 Å². The molecule has 0 aliphatic carbocycles. The van der Waals surface area contributed by atoms with Crippen LogP contribution >= 0.6 is 0 Å². The molecule has 3 rings (SSSR count). The molecular weight excluding hydrogens is 241 g/mol. The highest BCUT2D eigenvalue weighted by atomic mass is 19.1. The third-order valence-corrected chi connectivity index (χ3v) is 3.21. The van der Waals surface area contributed by atoms with Crippen LogP contribution in [0.5, 0.6) is 0 Å². The summed E-state index contributed by atoms with van der Waals surface area (Å²) in [5, 5.41) is 0. The minimum absolute atomic E-state index is 0.0904. The number of halogens is 1. The van der Waals surface area contributed by atoms with E-state index >= 15 is 0 Å². The first-order chi connectivity index (χ1) is 9.13. The van der Waals surface area contributed by atoms with E-state index in [2.05, 4.69) is 4.99 Å². The summed E-state index contributed by atoms with van der Waals surface area (Å²) < 4.78 is 12.8. The first kappa shape index (κ1) is 11.8. The van der Waals surface area contributed by atoms with E-state index in [9.17, 15) is 9.18 Å². The van der Waals surface area contributed by atoms with Crippen molar-refractivity contribution in [1.82, 2.24) is 0 Å². The van der Waals surface area contributed by atoms with Crippen LogP contribution in [0.1, 0.15) is 28.4 Å². The van der Waals surface area contributed by atoms with Gasteiger partial charge in [-0.25, -0.2) is 4.39 Å². The molecule has 0 fully saturated rings. The van der Waals surface area contributed by atoms with Gasteiger partial charge in [0.25, 0.3) is 0 Å². The summed E-state index contributed by atoms with van der Waals surface area (Å²) in [7, 11) is 0. The van der Waals surface area contributed by atoms with Gasteiger partial charge in [0.05, 0.1) is 5.69 Å². The maximum absolute atomic E-state index is 12.8. The van der Waals surface area contributed by atoms with Gasteiger partial charge < -0.3 is 0 Å². The van der Waals surface area contributed by atoms with Crippen LogP contribution in [-0.4, -0.2) is 11.5 Å². The maximum atomic E-state index is 12.8. The smallest absolute Gasteiger partial charge is 0.193 e. The molecule has 0 atom stereocenters. The molecule has 1 aliphatic rings. The lowest BCUT2D eigenvalue weighted by molar-refractivity contribution is 0.103. The number of fused-ring (bicyclic) bond motifs is 1. The van der Waals surface area contributed by atoms with E-state index in [-0.39, 0.29) is 11.6 Å². The van der Waals surface area contributed by atoms with Crippen molar-refractivity contribution < 1.29 is 9.18 Å². The third kappa shape index (κ3) is 2.19. The molecule has 94 valence electrons. The molecule has 19 heavy (non-hydrogen) atoms. The number of carbonyl (C=O) groups is 1. The second-order valence-corrected chi connectivity index (χ2v) is 4.70. The molecule has 0 amide bonds. The molecular formula is C16H12FNO. The predicted molar refractivity (Wildman–Crippen MR) is 72.7 cm³/mol. The molecule has 0 spiro atoms. The molecule has 0 saturated heterocycles. The van der Waals surface area contributed by atoms with Crippen LogP contribution < -0.4 is 0 Å². The maximum Gasteiger partial charge on any atom is 0.193 e. The van der Waals surface area contributed by atoms with Crippen LogP contribution in [0.15, 0.2) is 47.5 Å². The molecule has 0 aromatic heterocycles. The topological polar surface area (TPSA) is 29.4 Å². The lowest BCUT2D eigenvalue weighted by atomic mass is 9.99. The van der Waals surface area contributed by atoms with E-state index in [0.29, 0.717) is 11.1 Å². The zero-order valence-corrected chi connectivity index (χ0v) is 10.5. The fourth-order valence-corrected chi connectivity index (χ4v) is 2.27. The number of nitrogens with zero attached hydrogens (tertiary/aromatic N) is 1. The van der Waals surface area contributed by atoms with Gasteiger partial charge in [0, 0.05) is 23.3 Å². The van der Waals surface area contributed by atoms with Crippen LogP contribution in [0.2, 0.25) is 0 Å². The molecule has 2 nitrogen and oxygen atoms in total. The van der Waals surface area contributed by atoms with Gasteiger partial charge >= 0.3 is 0 Å². The summed E-state index contributed by atoms with van der Waals surface area (Å²) in [4.78, 5) is 16.7. The Balaban J connectivity index is 1.94. The third-order valence-electron chi connectivity index (χ3n) is 3.21. The first-order valence-corrected chi connectivity index (χ1v) is 6.11. The molecule has 0 saturated carbocycles. The van der Waals surface area contributed by atoms with Gasteiger partial charge in [-0.2, -0.15) is 0 Å². The summed E-state index contributed by atoms with van der Waals surface area (Å²) in [5.74, 6) is -0.429. The van der Waals surface area contributed by atoms with Gasteiger partial charge in [-0.1, -0.05) is 0 Å². The summed E-state index contributed by atoms with van der Waals surface area (Å²) >= 11 is 0. The minimum atomic E-state index is -0.338. The number of hydrogen-bond donors (Lipinski definition) is 0. The van der Waals surface area contributed by atoms with Crippen LogP contribution in [0.3, 0.4) is 0 Å². The van der Waals surface area contributed by atoms with Gasteiger partial charge in [0.2, 0.25) is 0 Å². The quantitative estimate of drug-likeness (QED) is 0.750. The molecule has 1 heterocycles. The van der Waals surface area contributed by atoms with Gasteiger partial charge in [-0.3, -0.25) is 9.79 Å². The molecule has 1 aliphatic heterocycles. The lowest BCUT2D eigenvalue weighted by Gasteiger charge is -2.04. The van der Waals surface area contributed by atoms with Crippen LogP contribution in [-0.2, 0) is 6.42 Å². The zero-order chi connectivity index (χ0) is 13.4. The Bertz CT molecular complexity index is 686. The molecule has 0 bridgehead atoms. The molecule has 3 heteroatoms. The number of hydrogen-bond acceptors (Lipinski definition) is 2. The van der Waals surface area contributed by atoms with Crippen molar-refractivity contribution in [2.75, 3.05) is 0 Å². The highest BCUT2D eigenvalue weighted by molar-refractivity contribution is 6.09. The summed E-state index contributed by atoms with van der Waals surface area (Å²) in [5.41, 5.74) is 4.19. The molecule has 2 aromatic rings. The number of rotatable bonds is 2. The zero-order valence-electron chi connectivity index (χ0n) is 10.5. The van der Waals surface area contributed by atoms with E-state index in [1.54, 1.807) is 6.07 Å². The summed E-state index contributed by atoms with van der Waals surface area (Å²) in [6, 6.07) is 11.1. The summed E-state index contributed by atoms with van der Waals surface area (Å²) in [6.45, 7) is 1.97. The Morgan fingerprint density at radius 3 is 2.53 bits per heavy atom. The Hall–Kier alpha value is -2.29. The monoisotopic (exact) mass is 253 g/mol. The van der Waals surface area contributed by atoms with E-state index in [1.165, 1.54) is 24.3 Å². The Morgan fingerprint density at radius 1 is 1.11 bits per heavy atom. The first-order valence-electron chi connectivity index (χ1n) is 6.11. The van der Waals surface area contributed by atoms with E-state index in [4.69, 9.17) is 0 Å². The lowest BCUT2D eigenvalue weighted by Crippen LogP contribution is -2.02. The highest BCUT2D eigenvalue weighted by Crippen LogP contribution is 2.28. The SMILES string of the molecule is CC1=Nc2ccc(C(=O)c3ccc(F)cc3)cc2C1. The van der Waals surface area contributed by atoms with Crippen molar-refractivity contribution in [1.29, 1.82) is 0 Å². The number of ketones is 1. The van der Waals surface area contributed by atoms with E-state index < -0.39 is 0 Å². The van der Waals surface area contributed by atoms with Gasteiger partial charge in [-0.15, -0.1) is 0 Å². The van der Waals surface area contributed by atoms with Crippen molar-refractivity contribution in [2.24, 2.45) is 4.99 Å². The number of carbonyl (C=O) groups excluding carboxylic acids is 1. The molecule has 0 unspecified atom stereocenters. The Morgan fingerprint density at radius 2 is 1.79 bits per heavy atom. The Kier molecular flexibility index (Phi) is 2.75. The van der Waals surface area contributed by atoms with Crippen molar-refractivity contribution in [2.45, 2.75) is 13.3 Å². The van der Waals surface area contributed by atoms with Gasteiger partial charge in [-0.05, 0) is 55.0 Å². The predicted octanol–water partition coefficient (Wildman–Crippen LogP) is 3.71. The average Bonchev–Trinajstić information content (AvgIpc) is 2.77. The van der Waals surface area contributed by atoms with Crippen molar-refractivity contribution >= 4 is 17.2 Å². The fourth-order valence-electron chi connectivity index (χ4n) is 2.27. The van der Waals surface area contributed by atoms with Crippen molar-refractivity contribution in [3.05, 3.63) is 65.0 Å².